The van der Waals surface area contributed by atoms with Crippen LogP contribution < -0.4 is 5.73 Å². The maximum atomic E-state index is 11.3. The van der Waals surface area contributed by atoms with Crippen LogP contribution in [0.5, 0.6) is 0 Å². The van der Waals surface area contributed by atoms with Crippen LogP contribution in [0.15, 0.2) is 0 Å². The van der Waals surface area contributed by atoms with E-state index in [1.54, 1.807) is 0 Å². The molecule has 90 valence electrons. The molecule has 0 aromatic heterocycles. The molecule has 15 heavy (non-hydrogen) atoms. The van der Waals surface area contributed by atoms with Crippen molar-refractivity contribution in [2.24, 2.45) is 5.73 Å². The molecule has 5 heteroatoms. The molecule has 0 aromatic rings. The van der Waals surface area contributed by atoms with E-state index in [4.69, 9.17) is 5.73 Å². The summed E-state index contributed by atoms with van der Waals surface area (Å²) in [4.78, 5) is 2.23. The molecule has 0 amide bonds. The quantitative estimate of drug-likeness (QED) is 0.756. The van der Waals surface area contributed by atoms with Crippen molar-refractivity contribution in [2.45, 2.75) is 32.2 Å². The number of nitrogens with zero attached hydrogens (tertiary/aromatic N) is 1. The van der Waals surface area contributed by atoms with E-state index in [-0.39, 0.29) is 17.0 Å². The van der Waals surface area contributed by atoms with Crippen molar-refractivity contribution in [2.75, 3.05) is 31.1 Å². The van der Waals surface area contributed by atoms with Gasteiger partial charge in [-0.05, 0) is 13.3 Å². The minimum Gasteiger partial charge on any atom is -0.329 e. The Morgan fingerprint density at radius 3 is 2.27 bits per heavy atom. The molecule has 1 fully saturated rings. The first kappa shape index (κ1) is 12.9. The highest BCUT2D eigenvalue weighted by Crippen LogP contribution is 2.22. The lowest BCUT2D eigenvalue weighted by Gasteiger charge is -2.42. The Hall–Kier alpha value is -0.130. The van der Waals surface area contributed by atoms with E-state index < -0.39 is 9.84 Å². The van der Waals surface area contributed by atoms with Gasteiger partial charge in [-0.2, -0.15) is 0 Å². The van der Waals surface area contributed by atoms with Crippen molar-refractivity contribution < 1.29 is 8.42 Å². The number of rotatable bonds is 4. The first-order valence-corrected chi connectivity index (χ1v) is 7.41. The van der Waals surface area contributed by atoms with Gasteiger partial charge in [0.25, 0.3) is 0 Å². The fraction of sp³-hybridized carbons (Fsp3) is 1.00. The van der Waals surface area contributed by atoms with Crippen LogP contribution in [-0.4, -0.2) is 50.0 Å². The first-order chi connectivity index (χ1) is 6.93. The normalized spacial score (nSPS) is 26.1. The van der Waals surface area contributed by atoms with Crippen LogP contribution in [0, 0.1) is 0 Å². The Kier molecular flexibility index (Phi) is 4.14. The summed E-state index contributed by atoms with van der Waals surface area (Å²) in [6.07, 6.45) is 2.11. The lowest BCUT2D eigenvalue weighted by molar-refractivity contribution is 0.111. The average Bonchev–Trinajstić information content (AvgIpc) is 2.17. The van der Waals surface area contributed by atoms with Gasteiger partial charge in [0.15, 0.2) is 9.84 Å². The molecule has 1 aliphatic heterocycles. The van der Waals surface area contributed by atoms with Crippen LogP contribution in [0.3, 0.4) is 0 Å². The van der Waals surface area contributed by atoms with Crippen molar-refractivity contribution in [1.29, 1.82) is 0 Å². The molecule has 1 unspecified atom stereocenters. The smallest absolute Gasteiger partial charge is 0.152 e. The van der Waals surface area contributed by atoms with Gasteiger partial charge in [0.1, 0.15) is 0 Å². The maximum Gasteiger partial charge on any atom is 0.152 e. The third-order valence-corrected chi connectivity index (χ3v) is 4.95. The molecule has 2 N–H and O–H groups in total. The van der Waals surface area contributed by atoms with E-state index in [1.165, 1.54) is 0 Å². The molecule has 4 nitrogen and oxygen atoms in total. The molecular weight excluding hydrogens is 212 g/mol. The van der Waals surface area contributed by atoms with Crippen molar-refractivity contribution >= 4 is 9.84 Å². The van der Waals surface area contributed by atoms with Gasteiger partial charge < -0.3 is 5.73 Å². The number of hydrogen-bond acceptors (Lipinski definition) is 4. The first-order valence-electron chi connectivity index (χ1n) is 5.59. The Labute approximate surface area is 92.7 Å². The van der Waals surface area contributed by atoms with E-state index >= 15 is 0 Å². The number of nitrogens with two attached hydrogens (primary N) is 1. The number of sulfone groups is 1. The molecule has 0 radical (unpaired) electrons. The summed E-state index contributed by atoms with van der Waals surface area (Å²) in [5.41, 5.74) is 5.78. The van der Waals surface area contributed by atoms with E-state index in [0.717, 1.165) is 12.8 Å². The van der Waals surface area contributed by atoms with Gasteiger partial charge in [0, 0.05) is 25.2 Å². The second-order valence-corrected chi connectivity index (χ2v) is 6.89. The van der Waals surface area contributed by atoms with Crippen molar-refractivity contribution in [3.8, 4) is 0 Å². The summed E-state index contributed by atoms with van der Waals surface area (Å²) in [6, 6.07) is 0. The summed E-state index contributed by atoms with van der Waals surface area (Å²) in [5.74, 6) is 0.568. The van der Waals surface area contributed by atoms with Gasteiger partial charge in [-0.25, -0.2) is 8.42 Å². The molecule has 0 aliphatic carbocycles. The van der Waals surface area contributed by atoms with Crippen LogP contribution in [0.2, 0.25) is 0 Å². The molecule has 0 aromatic carbocycles. The topological polar surface area (TPSA) is 63.4 Å². The molecule has 1 aliphatic rings. The number of hydrogen-bond donors (Lipinski definition) is 1. The van der Waals surface area contributed by atoms with Gasteiger partial charge in [-0.1, -0.05) is 13.3 Å². The summed E-state index contributed by atoms with van der Waals surface area (Å²) >= 11 is 0. The van der Waals surface area contributed by atoms with Gasteiger partial charge in [-0.3, -0.25) is 4.90 Å². The van der Waals surface area contributed by atoms with E-state index in [9.17, 15) is 8.42 Å². The monoisotopic (exact) mass is 234 g/mol. The van der Waals surface area contributed by atoms with Gasteiger partial charge >= 0.3 is 0 Å². The van der Waals surface area contributed by atoms with Crippen molar-refractivity contribution in [3.05, 3.63) is 0 Å². The van der Waals surface area contributed by atoms with Crippen molar-refractivity contribution in [3.63, 3.8) is 0 Å². The molecule has 1 atom stereocenters. The highest BCUT2D eigenvalue weighted by atomic mass is 32.2. The Bertz CT molecular complexity index is 289. The zero-order valence-electron chi connectivity index (χ0n) is 9.70. The summed E-state index contributed by atoms with van der Waals surface area (Å²) in [6.45, 7) is 6.13. The SMILES string of the molecule is CCCC(C)(CN)N1CCS(=O)(=O)CC1. The molecule has 0 saturated carbocycles. The highest BCUT2D eigenvalue weighted by molar-refractivity contribution is 7.91. The Morgan fingerprint density at radius 1 is 1.33 bits per heavy atom. The molecule has 1 saturated heterocycles. The van der Waals surface area contributed by atoms with E-state index in [0.29, 0.717) is 19.6 Å². The molecule has 0 bridgehead atoms. The van der Waals surface area contributed by atoms with Crippen molar-refractivity contribution in [1.82, 2.24) is 4.90 Å². The Balaban J connectivity index is 2.64. The zero-order valence-corrected chi connectivity index (χ0v) is 10.5. The summed E-state index contributed by atoms with van der Waals surface area (Å²) < 4.78 is 22.6. The van der Waals surface area contributed by atoms with Crippen LogP contribution in [-0.2, 0) is 9.84 Å². The van der Waals surface area contributed by atoms with Crippen LogP contribution in [0.4, 0.5) is 0 Å². The zero-order chi connectivity index (χ0) is 11.5. The third-order valence-electron chi connectivity index (χ3n) is 3.34. The van der Waals surface area contributed by atoms with Crippen LogP contribution >= 0.6 is 0 Å². The van der Waals surface area contributed by atoms with Gasteiger partial charge in [0.05, 0.1) is 11.5 Å². The van der Waals surface area contributed by atoms with E-state index in [2.05, 4.69) is 18.7 Å². The van der Waals surface area contributed by atoms with Crippen LogP contribution in [0.25, 0.3) is 0 Å². The average molecular weight is 234 g/mol. The van der Waals surface area contributed by atoms with Gasteiger partial charge in [-0.15, -0.1) is 0 Å². The molecular formula is C10H22N2O2S. The standard InChI is InChI=1S/C10H22N2O2S/c1-3-4-10(2,9-11)12-5-7-15(13,14)8-6-12/h3-9,11H2,1-2H3. The summed E-state index contributed by atoms with van der Waals surface area (Å²) in [5, 5.41) is 0. The minimum atomic E-state index is -2.78. The largest absolute Gasteiger partial charge is 0.329 e. The highest BCUT2D eigenvalue weighted by Gasteiger charge is 2.33. The van der Waals surface area contributed by atoms with E-state index in [1.807, 2.05) is 0 Å². The van der Waals surface area contributed by atoms with Gasteiger partial charge in [0.2, 0.25) is 0 Å². The van der Waals surface area contributed by atoms with Crippen LogP contribution in [0.1, 0.15) is 26.7 Å². The molecule has 1 heterocycles. The fourth-order valence-electron chi connectivity index (χ4n) is 2.18. The summed E-state index contributed by atoms with van der Waals surface area (Å²) in [7, 11) is -2.78. The molecule has 0 spiro atoms. The third kappa shape index (κ3) is 3.16. The predicted octanol–water partition coefficient (Wildman–Crippen LogP) is 0.234. The Morgan fingerprint density at radius 2 is 1.87 bits per heavy atom. The molecule has 1 rings (SSSR count). The lowest BCUT2D eigenvalue weighted by atomic mass is 9.94. The lowest BCUT2D eigenvalue weighted by Crippen LogP contribution is -2.56. The predicted molar refractivity (Wildman–Crippen MR) is 62.6 cm³/mol. The second-order valence-electron chi connectivity index (χ2n) is 4.59. The maximum absolute atomic E-state index is 11.3. The second kappa shape index (κ2) is 4.80. The minimum absolute atomic E-state index is 0.0231. The fourth-order valence-corrected chi connectivity index (χ4v) is 3.38.